The van der Waals surface area contributed by atoms with E-state index in [0.717, 1.165) is 17.8 Å². The van der Waals surface area contributed by atoms with Crippen molar-refractivity contribution in [3.05, 3.63) is 57.5 Å². The zero-order chi connectivity index (χ0) is 14.2. The molecule has 4 rings (SSSR count). The molecule has 1 aliphatic rings. The van der Waals surface area contributed by atoms with Crippen LogP contribution in [0.2, 0.25) is 5.28 Å². The number of benzene rings is 1. The second-order valence-electron chi connectivity index (χ2n) is 5.24. The molecule has 106 valence electrons. The quantitative estimate of drug-likeness (QED) is 0.692. The summed E-state index contributed by atoms with van der Waals surface area (Å²) in [5.41, 5.74) is 2.43. The molecule has 0 amide bonds. The summed E-state index contributed by atoms with van der Waals surface area (Å²) in [5.74, 6) is 0.852. The second kappa shape index (κ2) is 5.28. The summed E-state index contributed by atoms with van der Waals surface area (Å²) in [4.78, 5) is 1.47. The van der Waals surface area contributed by atoms with Crippen molar-refractivity contribution < 1.29 is 0 Å². The molecule has 1 unspecified atom stereocenters. The largest absolute Gasteiger partial charge is 0.290 e. The number of thiophene rings is 1. The molecule has 2 heterocycles. The summed E-state index contributed by atoms with van der Waals surface area (Å²) in [7, 11) is 0. The first kappa shape index (κ1) is 13.0. The van der Waals surface area contributed by atoms with Crippen LogP contribution in [0.25, 0.3) is 11.4 Å². The molecule has 0 spiro atoms. The normalized spacial score (nSPS) is 17.7. The van der Waals surface area contributed by atoms with Crippen LogP contribution in [0.4, 0.5) is 0 Å². The van der Waals surface area contributed by atoms with Crippen LogP contribution in [0.15, 0.2) is 41.8 Å². The van der Waals surface area contributed by atoms with E-state index < -0.39 is 0 Å². The third-order valence-corrected chi connectivity index (χ3v) is 5.27. The van der Waals surface area contributed by atoms with E-state index in [9.17, 15) is 0 Å². The molecule has 0 saturated carbocycles. The second-order valence-corrected chi connectivity index (χ2v) is 6.57. The van der Waals surface area contributed by atoms with Gasteiger partial charge in [0.2, 0.25) is 5.28 Å². The van der Waals surface area contributed by atoms with Gasteiger partial charge in [-0.2, -0.15) is 0 Å². The van der Waals surface area contributed by atoms with E-state index in [1.807, 2.05) is 41.7 Å². The minimum absolute atomic E-state index is 0.248. The summed E-state index contributed by atoms with van der Waals surface area (Å²) in [6, 6.07) is 12.6. The lowest BCUT2D eigenvalue weighted by atomic mass is 9.93. The van der Waals surface area contributed by atoms with E-state index in [1.54, 1.807) is 0 Å². The molecule has 1 atom stereocenters. The van der Waals surface area contributed by atoms with E-state index in [2.05, 4.69) is 26.2 Å². The monoisotopic (exact) mass is 315 g/mol. The molecular weight excluding hydrogens is 302 g/mol. The minimum atomic E-state index is 0.248. The number of halogens is 1. The van der Waals surface area contributed by atoms with E-state index in [1.165, 1.54) is 23.3 Å². The molecule has 3 aromatic rings. The van der Waals surface area contributed by atoms with Gasteiger partial charge >= 0.3 is 0 Å². The highest BCUT2D eigenvalue weighted by atomic mass is 35.5. The van der Waals surface area contributed by atoms with Gasteiger partial charge in [-0.25, -0.2) is 0 Å². The molecule has 0 bridgehead atoms. The van der Waals surface area contributed by atoms with Crippen molar-refractivity contribution in [3.63, 3.8) is 0 Å². The minimum Gasteiger partial charge on any atom is -0.290 e. The van der Waals surface area contributed by atoms with Crippen molar-refractivity contribution in [2.45, 2.75) is 25.3 Å². The fourth-order valence-corrected chi connectivity index (χ4v) is 4.28. The first-order chi connectivity index (χ1) is 10.3. The van der Waals surface area contributed by atoms with Gasteiger partial charge in [0.15, 0.2) is 5.82 Å². The van der Waals surface area contributed by atoms with E-state index >= 15 is 0 Å². The van der Waals surface area contributed by atoms with Crippen LogP contribution in [-0.4, -0.2) is 14.8 Å². The molecule has 0 aliphatic heterocycles. The third-order valence-electron chi connectivity index (χ3n) is 4.02. The molecule has 0 radical (unpaired) electrons. The van der Waals surface area contributed by atoms with E-state index in [0.29, 0.717) is 5.28 Å². The maximum atomic E-state index is 6.35. The fourth-order valence-electron chi connectivity index (χ4n) is 3.06. The molecule has 2 aromatic heterocycles. The SMILES string of the molecule is Clc1nnc(-c2ccccc2)n1C1CCCc2sccc21. The Morgan fingerprint density at radius 2 is 2.00 bits per heavy atom. The zero-order valence-electron chi connectivity index (χ0n) is 11.4. The van der Waals surface area contributed by atoms with Gasteiger partial charge in [-0.1, -0.05) is 30.3 Å². The maximum absolute atomic E-state index is 6.35. The molecule has 0 saturated heterocycles. The summed E-state index contributed by atoms with van der Waals surface area (Å²) < 4.78 is 2.08. The molecule has 3 nitrogen and oxygen atoms in total. The van der Waals surface area contributed by atoms with Crippen molar-refractivity contribution in [2.75, 3.05) is 0 Å². The number of fused-ring (bicyclic) bond motifs is 1. The fraction of sp³-hybridized carbons (Fsp3) is 0.250. The van der Waals surface area contributed by atoms with Crippen LogP contribution >= 0.6 is 22.9 Å². The van der Waals surface area contributed by atoms with Crippen LogP contribution in [0.1, 0.15) is 29.3 Å². The van der Waals surface area contributed by atoms with Crippen LogP contribution in [0.5, 0.6) is 0 Å². The van der Waals surface area contributed by atoms with Gasteiger partial charge in [0, 0.05) is 10.4 Å². The predicted octanol–water partition coefficient (Wildman–Crippen LogP) is 4.59. The average Bonchev–Trinajstić information content (AvgIpc) is 3.14. The van der Waals surface area contributed by atoms with Crippen LogP contribution in [0, 0.1) is 0 Å². The molecule has 0 fully saturated rings. The topological polar surface area (TPSA) is 30.7 Å². The predicted molar refractivity (Wildman–Crippen MR) is 85.9 cm³/mol. The zero-order valence-corrected chi connectivity index (χ0v) is 12.9. The van der Waals surface area contributed by atoms with Gasteiger partial charge in [0.1, 0.15) is 0 Å². The van der Waals surface area contributed by atoms with Crippen molar-refractivity contribution >= 4 is 22.9 Å². The van der Waals surface area contributed by atoms with Gasteiger partial charge in [0.25, 0.3) is 0 Å². The Labute approximate surface area is 132 Å². The Hall–Kier alpha value is -1.65. The summed E-state index contributed by atoms with van der Waals surface area (Å²) in [6.07, 6.45) is 3.44. The summed E-state index contributed by atoms with van der Waals surface area (Å²) in [6.45, 7) is 0. The Morgan fingerprint density at radius 1 is 1.14 bits per heavy atom. The highest BCUT2D eigenvalue weighted by Crippen LogP contribution is 2.39. The third kappa shape index (κ3) is 2.19. The molecule has 1 aromatic carbocycles. The first-order valence-electron chi connectivity index (χ1n) is 7.06. The van der Waals surface area contributed by atoms with Crippen molar-refractivity contribution in [1.82, 2.24) is 14.8 Å². The van der Waals surface area contributed by atoms with Crippen molar-refractivity contribution in [3.8, 4) is 11.4 Å². The standard InChI is InChI=1S/C16H14ClN3S/c17-16-19-18-15(11-5-2-1-3-6-11)20(16)13-7-4-8-14-12(13)9-10-21-14/h1-3,5-6,9-10,13H,4,7-8H2. The van der Waals surface area contributed by atoms with Gasteiger partial charge in [0.05, 0.1) is 6.04 Å². The molecule has 0 N–H and O–H groups in total. The molecule has 5 heteroatoms. The van der Waals surface area contributed by atoms with Crippen LogP contribution < -0.4 is 0 Å². The van der Waals surface area contributed by atoms with Crippen LogP contribution in [-0.2, 0) is 6.42 Å². The van der Waals surface area contributed by atoms with E-state index in [4.69, 9.17) is 11.6 Å². The van der Waals surface area contributed by atoms with Gasteiger partial charge in [-0.15, -0.1) is 21.5 Å². The number of nitrogens with zero attached hydrogens (tertiary/aromatic N) is 3. The Morgan fingerprint density at radius 3 is 2.86 bits per heavy atom. The highest BCUT2D eigenvalue weighted by molar-refractivity contribution is 7.10. The summed E-state index contributed by atoms with van der Waals surface area (Å²) in [5, 5.41) is 11.1. The maximum Gasteiger partial charge on any atom is 0.225 e. The van der Waals surface area contributed by atoms with E-state index in [-0.39, 0.29) is 6.04 Å². The lowest BCUT2D eigenvalue weighted by Crippen LogP contribution is -2.16. The Balaban J connectivity index is 1.86. The average molecular weight is 316 g/mol. The lowest BCUT2D eigenvalue weighted by Gasteiger charge is -2.25. The number of hydrogen-bond acceptors (Lipinski definition) is 3. The number of aromatic nitrogens is 3. The Kier molecular flexibility index (Phi) is 3.28. The van der Waals surface area contributed by atoms with Crippen molar-refractivity contribution in [1.29, 1.82) is 0 Å². The first-order valence-corrected chi connectivity index (χ1v) is 8.32. The van der Waals surface area contributed by atoms with Crippen LogP contribution in [0.3, 0.4) is 0 Å². The number of rotatable bonds is 2. The molecule has 1 aliphatic carbocycles. The lowest BCUT2D eigenvalue weighted by molar-refractivity contribution is 0.498. The molecular formula is C16H14ClN3S. The summed E-state index contributed by atoms with van der Waals surface area (Å²) >= 11 is 8.19. The number of hydrogen-bond donors (Lipinski definition) is 0. The Bertz CT molecular complexity index is 763. The molecule has 21 heavy (non-hydrogen) atoms. The van der Waals surface area contributed by atoms with Gasteiger partial charge in [-0.3, -0.25) is 4.57 Å². The number of aryl methyl sites for hydroxylation is 1. The highest BCUT2D eigenvalue weighted by Gasteiger charge is 2.27. The van der Waals surface area contributed by atoms with Gasteiger partial charge < -0.3 is 0 Å². The van der Waals surface area contributed by atoms with Crippen molar-refractivity contribution in [2.24, 2.45) is 0 Å². The smallest absolute Gasteiger partial charge is 0.225 e. The van der Waals surface area contributed by atoms with Gasteiger partial charge in [-0.05, 0) is 47.9 Å².